The van der Waals surface area contributed by atoms with Crippen molar-refractivity contribution in [2.45, 2.75) is 103 Å². The second kappa shape index (κ2) is 24.3. The molecule has 0 heterocycles. The van der Waals surface area contributed by atoms with Crippen molar-refractivity contribution >= 4 is 70.4 Å². The maximum Gasteiger partial charge on any atom is 0.346 e. The van der Waals surface area contributed by atoms with Crippen LogP contribution in [0.15, 0.2) is 91.0 Å². The Morgan fingerprint density at radius 3 is 2.03 bits per heavy atom. The summed E-state index contributed by atoms with van der Waals surface area (Å²) in [5.74, 6) is -2.57. The molecule has 16 nitrogen and oxygen atoms in total. The van der Waals surface area contributed by atoms with Crippen molar-refractivity contribution in [3.05, 3.63) is 129 Å². The monoisotopic (exact) mass is 1040 g/mol. The smallest absolute Gasteiger partial charge is 0.346 e. The fraction of sp³-hybridized carbons (Fsp3) is 0.418. The Labute approximate surface area is 434 Å². The minimum absolute atomic E-state index is 0.00312. The molecule has 6 amide bonds. The highest BCUT2D eigenvalue weighted by atomic mass is 35.5. The van der Waals surface area contributed by atoms with Gasteiger partial charge in [0.25, 0.3) is 5.91 Å². The molecule has 7 N–H and O–H groups in total. The number of ketones is 1. The summed E-state index contributed by atoms with van der Waals surface area (Å²) in [5, 5.41) is 13.2. The third kappa shape index (κ3) is 13.8. The van der Waals surface area contributed by atoms with E-state index in [1.807, 2.05) is 26.0 Å². The number of carbonyl (C=O) groups is 8. The molecule has 0 spiro atoms. The van der Waals surface area contributed by atoms with E-state index >= 15 is 0 Å². The van der Waals surface area contributed by atoms with Crippen LogP contribution >= 0.6 is 23.2 Å². The van der Waals surface area contributed by atoms with Crippen molar-refractivity contribution in [2.24, 2.45) is 28.9 Å². The summed E-state index contributed by atoms with van der Waals surface area (Å²) >= 11 is 12.4. The summed E-state index contributed by atoms with van der Waals surface area (Å²) in [7, 11) is 0. The number of carbonyl (C=O) groups excluding carboxylic acids is 8. The van der Waals surface area contributed by atoms with E-state index in [9.17, 15) is 38.4 Å². The zero-order valence-corrected chi connectivity index (χ0v) is 42.6. The molecule has 386 valence electrons. The van der Waals surface area contributed by atoms with Gasteiger partial charge in [0.15, 0.2) is 6.61 Å². The van der Waals surface area contributed by atoms with Crippen LogP contribution in [0.25, 0.3) is 0 Å². The zero-order valence-electron chi connectivity index (χ0n) is 41.1. The quantitative estimate of drug-likeness (QED) is 0.0438. The Hall–Kier alpha value is -6.78. The number of amides is 6. The van der Waals surface area contributed by atoms with Gasteiger partial charge >= 0.3 is 5.97 Å². The molecule has 73 heavy (non-hydrogen) atoms. The zero-order chi connectivity index (χ0) is 52.4. The normalized spacial score (nSPS) is 19.9. The summed E-state index contributed by atoms with van der Waals surface area (Å²) in [4.78, 5) is 105. The average molecular weight is 1040 g/mol. The number of nitrogens with two attached hydrogens (primary N) is 1. The molecule has 4 aromatic carbocycles. The van der Waals surface area contributed by atoms with Crippen LogP contribution in [0.3, 0.4) is 0 Å². The number of rotatable bonds is 21. The molecule has 2 fully saturated rings. The minimum Gasteiger partial charge on any atom is -0.484 e. The number of nitrogens with one attached hydrogen (secondary N) is 5. The van der Waals surface area contributed by atoms with Gasteiger partial charge in [-0.2, -0.15) is 0 Å². The standard InChI is InChI=1S/C55H62Cl2N6O10/c1-31(2)24-43(51(58)68)63-53(70)45(25-32-8-5-4-6-9-32)61-48(66)29-59-47(65)28-60-52(69)44(26-33-12-15-35(16-13-33)73-54(71)50-41(56)10-7-11-42(50)57)62-49(67)30-72-36-17-19-37-34(27-36)14-18-39-38(37)22-23-55(3)40(39)20-21-46(55)64/h4-13,15-17,19,27,31,38-40,43-45H,14,18,20-26,28-30H2,1-3H3,(H2,58,68)(H,59,65)(H,60,69)(H,61,66)(H,62,67)(H,63,70)/t38-,39-,40+,43+,44+,45+,55+/m1/s1. The third-order valence-electron chi connectivity index (χ3n) is 14.3. The Kier molecular flexibility index (Phi) is 18.0. The SMILES string of the molecule is CC(C)C[C@H](NC(=O)[C@H](Cc1ccccc1)NC(=O)CNC(=O)CNC(=O)[C@H](Cc1ccc(OC(=O)c2c(Cl)cccc2Cl)cc1)NC(=O)COc1ccc2c(c1)CC[C@@H]1[C@@H]2CC[C@]2(C)C(=O)CC[C@@H]12)C(N)=O. The number of halogens is 2. The molecule has 0 bridgehead atoms. The van der Waals surface area contributed by atoms with Crippen molar-refractivity contribution in [1.29, 1.82) is 0 Å². The first-order valence-electron chi connectivity index (χ1n) is 24.7. The van der Waals surface area contributed by atoms with Crippen molar-refractivity contribution in [1.82, 2.24) is 26.6 Å². The molecular weight excluding hydrogens is 976 g/mol. The third-order valence-corrected chi connectivity index (χ3v) is 15.0. The van der Waals surface area contributed by atoms with Crippen LogP contribution in [-0.2, 0) is 52.8 Å². The highest BCUT2D eigenvalue weighted by Gasteiger charge is 2.54. The van der Waals surface area contributed by atoms with E-state index in [2.05, 4.69) is 39.6 Å². The van der Waals surface area contributed by atoms with Crippen LogP contribution < -0.4 is 41.8 Å². The number of hydrogen-bond donors (Lipinski definition) is 6. The van der Waals surface area contributed by atoms with Crippen molar-refractivity contribution in [3.8, 4) is 11.5 Å². The van der Waals surface area contributed by atoms with Gasteiger partial charge in [-0.25, -0.2) is 4.79 Å². The number of primary amides is 1. The maximum atomic E-state index is 13.8. The molecule has 7 atom stereocenters. The Balaban J connectivity index is 0.968. The molecule has 18 heteroatoms. The molecule has 3 aliphatic rings. The number of Topliss-reactive ketones (excluding diaryl/α,β-unsaturated/α-hetero) is 1. The van der Waals surface area contributed by atoms with Gasteiger partial charge in [-0.15, -0.1) is 0 Å². The summed E-state index contributed by atoms with van der Waals surface area (Å²) < 4.78 is 11.5. The van der Waals surface area contributed by atoms with Crippen molar-refractivity contribution in [3.63, 3.8) is 0 Å². The van der Waals surface area contributed by atoms with Crippen LogP contribution in [0.4, 0.5) is 0 Å². The van der Waals surface area contributed by atoms with Crippen LogP contribution in [-0.4, -0.2) is 85.0 Å². The first-order chi connectivity index (χ1) is 34.9. The van der Waals surface area contributed by atoms with Gasteiger partial charge in [-0.1, -0.05) is 98.6 Å². The molecule has 4 aromatic rings. The van der Waals surface area contributed by atoms with Crippen LogP contribution in [0.1, 0.15) is 97.8 Å². The number of benzene rings is 4. The molecular formula is C55H62Cl2N6O10. The summed E-state index contributed by atoms with van der Waals surface area (Å²) in [6.07, 6.45) is 5.61. The van der Waals surface area contributed by atoms with Crippen LogP contribution in [0.2, 0.25) is 10.0 Å². The van der Waals surface area contributed by atoms with E-state index in [4.69, 9.17) is 38.4 Å². The predicted octanol–water partition coefficient (Wildman–Crippen LogP) is 5.72. The van der Waals surface area contributed by atoms with Gasteiger partial charge in [0.05, 0.1) is 28.7 Å². The second-order valence-corrected chi connectivity index (χ2v) is 20.6. The average Bonchev–Trinajstić information content (AvgIpc) is 3.67. The Morgan fingerprint density at radius 1 is 0.699 bits per heavy atom. The number of ether oxygens (including phenoxy) is 2. The van der Waals surface area contributed by atoms with Gasteiger partial charge in [-0.05, 0) is 121 Å². The highest BCUT2D eigenvalue weighted by Crippen LogP contribution is 2.59. The van der Waals surface area contributed by atoms with Crippen LogP contribution in [0, 0.1) is 23.2 Å². The van der Waals surface area contributed by atoms with Crippen LogP contribution in [0.5, 0.6) is 11.5 Å². The van der Waals surface area contributed by atoms with E-state index in [0.29, 0.717) is 47.7 Å². The van der Waals surface area contributed by atoms with E-state index in [1.54, 1.807) is 48.5 Å². The van der Waals surface area contributed by atoms with Crippen molar-refractivity contribution in [2.75, 3.05) is 19.7 Å². The summed E-state index contributed by atoms with van der Waals surface area (Å²) in [6.45, 7) is 4.35. The number of esters is 1. The second-order valence-electron chi connectivity index (χ2n) is 19.8. The fourth-order valence-corrected chi connectivity index (χ4v) is 11.2. The Bertz CT molecular complexity index is 2700. The maximum absolute atomic E-state index is 13.8. The lowest BCUT2D eigenvalue weighted by Gasteiger charge is -2.48. The van der Waals surface area contributed by atoms with Gasteiger partial charge in [0, 0.05) is 24.7 Å². The molecule has 0 aliphatic heterocycles. The molecule has 0 aromatic heterocycles. The topological polar surface area (TPSA) is 241 Å². The molecule has 0 radical (unpaired) electrons. The van der Waals surface area contributed by atoms with Gasteiger partial charge in [0.1, 0.15) is 35.4 Å². The molecule has 2 saturated carbocycles. The number of fused-ring (bicyclic) bond motifs is 5. The fourth-order valence-electron chi connectivity index (χ4n) is 10.6. The van der Waals surface area contributed by atoms with E-state index < -0.39 is 79.2 Å². The van der Waals surface area contributed by atoms with Gasteiger partial charge < -0.3 is 41.8 Å². The predicted molar refractivity (Wildman–Crippen MR) is 274 cm³/mol. The lowest BCUT2D eigenvalue weighted by molar-refractivity contribution is -0.132. The molecule has 7 rings (SSSR count). The molecule has 3 aliphatic carbocycles. The van der Waals surface area contributed by atoms with Gasteiger partial charge in [-0.3, -0.25) is 33.6 Å². The van der Waals surface area contributed by atoms with E-state index in [1.165, 1.54) is 29.8 Å². The summed E-state index contributed by atoms with van der Waals surface area (Å²) in [5.41, 5.74) is 9.05. The summed E-state index contributed by atoms with van der Waals surface area (Å²) in [6, 6.07) is 22.3. The van der Waals surface area contributed by atoms with Crippen molar-refractivity contribution < 1.29 is 47.8 Å². The lowest BCUT2D eigenvalue weighted by Crippen LogP contribution is -2.55. The highest BCUT2D eigenvalue weighted by molar-refractivity contribution is 6.39. The largest absolute Gasteiger partial charge is 0.484 e. The van der Waals surface area contributed by atoms with Gasteiger partial charge in [0.2, 0.25) is 29.5 Å². The first kappa shape index (κ1) is 54.0. The minimum atomic E-state index is -1.22. The number of hydrogen-bond acceptors (Lipinski definition) is 10. The molecule has 0 saturated heterocycles. The number of aryl methyl sites for hydroxylation is 1. The molecule has 0 unspecified atom stereocenters. The van der Waals surface area contributed by atoms with E-state index in [-0.39, 0.29) is 45.5 Å². The lowest BCUT2D eigenvalue weighted by atomic mass is 9.55. The van der Waals surface area contributed by atoms with E-state index in [0.717, 1.165) is 43.2 Å². The Morgan fingerprint density at radius 2 is 1.34 bits per heavy atom. The first-order valence-corrected chi connectivity index (χ1v) is 25.4.